The van der Waals surface area contributed by atoms with Gasteiger partial charge in [-0.1, -0.05) is 0 Å². The van der Waals surface area contributed by atoms with Crippen LogP contribution >= 0.6 is 0 Å². The van der Waals surface area contributed by atoms with Gasteiger partial charge in [0.05, 0.1) is 25.2 Å². The topological polar surface area (TPSA) is 79.4 Å². The Morgan fingerprint density at radius 2 is 1.97 bits per heavy atom. The number of hydrogen-bond acceptors (Lipinski definition) is 6. The monoisotopic (exact) mass is 521 g/mol. The Morgan fingerprint density at radius 1 is 1.17 bits per heavy atom. The summed E-state index contributed by atoms with van der Waals surface area (Å²) < 4.78 is 51.8. The molecule has 1 aromatic rings. The number of likely N-dealkylation sites (tertiary alicyclic amines) is 2. The molecule has 198 valence electrons. The van der Waals surface area contributed by atoms with Crippen LogP contribution < -0.4 is 4.31 Å². The molecule has 0 bridgehead atoms. The first-order valence-corrected chi connectivity index (χ1v) is 15.2. The maximum Gasteiger partial charge on any atom is 0.410 e. The van der Waals surface area contributed by atoms with E-state index in [1.165, 1.54) is 16.6 Å². The fraction of sp³-hybridized carbons (Fsp3) is 0.731. The number of benzene rings is 1. The van der Waals surface area contributed by atoms with Gasteiger partial charge in [0.15, 0.2) is 0 Å². The smallest absolute Gasteiger partial charge is 0.410 e. The Kier molecular flexibility index (Phi) is 6.20. The van der Waals surface area contributed by atoms with Crippen LogP contribution in [0.2, 0.25) is 0 Å². The molecule has 36 heavy (non-hydrogen) atoms. The van der Waals surface area contributed by atoms with Gasteiger partial charge in [-0.3, -0.25) is 4.31 Å². The number of carbonyl (C=O) groups excluding carboxylic acids is 1. The van der Waals surface area contributed by atoms with E-state index >= 15 is 0 Å². The third-order valence-corrected chi connectivity index (χ3v) is 10.4. The minimum atomic E-state index is -3.43. The molecule has 8 nitrogen and oxygen atoms in total. The predicted octanol–water partition coefficient (Wildman–Crippen LogP) is 3.11. The van der Waals surface area contributed by atoms with Crippen LogP contribution in [0, 0.1) is 11.7 Å². The standard InChI is InChI=1S/C26H36FN3O5S/c1-36(32,33)30-17-26(22-14-19(27)4-5-23(22)30)7-10-28(11-8-26)20-13-18-3-2-9-29(24(18)15-20)25(31)35-21-6-12-34-16-21/h4-5,14,18,20-21,24H,2-3,6-13,15-17H2,1H3/t18?,20?,21-,24?/m1/s1. The minimum absolute atomic E-state index is 0.126. The molecule has 1 amide bonds. The molecular formula is C26H36FN3O5S. The third-order valence-electron chi connectivity index (χ3n) is 9.31. The van der Waals surface area contributed by atoms with Gasteiger partial charge in [-0.05, 0) is 81.3 Å². The van der Waals surface area contributed by atoms with Gasteiger partial charge in [0.2, 0.25) is 10.0 Å². The number of sulfonamides is 1. The summed E-state index contributed by atoms with van der Waals surface area (Å²) in [4.78, 5) is 17.5. The quantitative estimate of drug-likeness (QED) is 0.608. The number of amides is 1. The van der Waals surface area contributed by atoms with E-state index < -0.39 is 10.0 Å². The maximum atomic E-state index is 14.2. The zero-order valence-electron chi connectivity index (χ0n) is 20.9. The van der Waals surface area contributed by atoms with E-state index in [2.05, 4.69) is 4.90 Å². The largest absolute Gasteiger partial charge is 0.444 e. The Balaban J connectivity index is 1.13. The summed E-state index contributed by atoms with van der Waals surface area (Å²) in [6, 6.07) is 5.12. The molecule has 1 saturated carbocycles. The molecule has 1 spiro atoms. The Bertz CT molecular complexity index is 1120. The molecule has 1 aliphatic carbocycles. The lowest BCUT2D eigenvalue weighted by molar-refractivity contribution is 0.0286. The van der Waals surface area contributed by atoms with Crippen LogP contribution in [0.25, 0.3) is 0 Å². The minimum Gasteiger partial charge on any atom is -0.444 e. The van der Waals surface area contributed by atoms with Gasteiger partial charge in [0.25, 0.3) is 0 Å². The summed E-state index contributed by atoms with van der Waals surface area (Å²) in [6.45, 7) is 3.99. The van der Waals surface area contributed by atoms with E-state index in [1.54, 1.807) is 12.1 Å². The molecule has 3 unspecified atom stereocenters. The Hall–Kier alpha value is -1.91. The molecule has 4 atom stereocenters. The second kappa shape index (κ2) is 9.13. The lowest BCUT2D eigenvalue weighted by atomic mass is 9.74. The van der Waals surface area contributed by atoms with Crippen molar-refractivity contribution < 1.29 is 27.1 Å². The molecule has 5 aliphatic rings. The fourth-order valence-corrected chi connectivity index (χ4v) is 8.43. The summed E-state index contributed by atoms with van der Waals surface area (Å²) in [5.74, 6) is 0.177. The Morgan fingerprint density at radius 3 is 2.69 bits per heavy atom. The van der Waals surface area contributed by atoms with Crippen LogP contribution in [0.4, 0.5) is 14.9 Å². The molecule has 0 radical (unpaired) electrons. The Labute approximate surface area is 212 Å². The van der Waals surface area contributed by atoms with Crippen LogP contribution in [0.15, 0.2) is 18.2 Å². The molecule has 1 aromatic carbocycles. The van der Waals surface area contributed by atoms with Gasteiger partial charge < -0.3 is 19.3 Å². The molecular weight excluding hydrogens is 485 g/mol. The number of rotatable bonds is 3. The van der Waals surface area contributed by atoms with Crippen molar-refractivity contribution >= 4 is 21.8 Å². The van der Waals surface area contributed by atoms with Crippen LogP contribution in [0.5, 0.6) is 0 Å². The highest BCUT2D eigenvalue weighted by molar-refractivity contribution is 7.92. The number of ether oxygens (including phenoxy) is 2. The molecule has 0 aromatic heterocycles. The lowest BCUT2D eigenvalue weighted by Crippen LogP contribution is -2.49. The van der Waals surface area contributed by atoms with Crippen LogP contribution in [0.3, 0.4) is 0 Å². The molecule has 0 N–H and O–H groups in total. The summed E-state index contributed by atoms with van der Waals surface area (Å²) >= 11 is 0. The number of carbonyl (C=O) groups is 1. The van der Waals surface area contributed by atoms with Crippen molar-refractivity contribution in [1.82, 2.24) is 9.80 Å². The lowest BCUT2D eigenvalue weighted by Gasteiger charge is -2.42. The number of halogens is 1. The zero-order chi connectivity index (χ0) is 25.1. The van der Waals surface area contributed by atoms with E-state index in [9.17, 15) is 17.6 Å². The number of piperidine rings is 2. The molecule has 4 heterocycles. The van der Waals surface area contributed by atoms with Gasteiger partial charge in [0.1, 0.15) is 11.9 Å². The average Bonchev–Trinajstić information content (AvgIpc) is 3.58. The highest BCUT2D eigenvalue weighted by Crippen LogP contribution is 2.49. The van der Waals surface area contributed by atoms with Crippen molar-refractivity contribution in [3.63, 3.8) is 0 Å². The molecule has 10 heteroatoms. The molecule has 4 aliphatic heterocycles. The highest BCUT2D eigenvalue weighted by Gasteiger charge is 2.50. The van der Waals surface area contributed by atoms with Gasteiger partial charge in [-0.15, -0.1) is 0 Å². The first-order chi connectivity index (χ1) is 17.2. The van der Waals surface area contributed by atoms with Gasteiger partial charge in [-0.25, -0.2) is 17.6 Å². The summed E-state index contributed by atoms with van der Waals surface area (Å²) in [6.07, 6.45) is 7.47. The van der Waals surface area contributed by atoms with Gasteiger partial charge >= 0.3 is 6.09 Å². The van der Waals surface area contributed by atoms with Crippen molar-refractivity contribution in [2.75, 3.05) is 50.0 Å². The van der Waals surface area contributed by atoms with E-state index in [0.717, 1.165) is 70.1 Å². The van der Waals surface area contributed by atoms with E-state index in [0.29, 0.717) is 37.4 Å². The number of anilines is 1. The van der Waals surface area contributed by atoms with Crippen LogP contribution in [-0.4, -0.2) is 88.1 Å². The number of nitrogens with zero attached hydrogens (tertiary/aromatic N) is 3. The molecule has 4 fully saturated rings. The van der Waals surface area contributed by atoms with E-state index in [4.69, 9.17) is 9.47 Å². The number of hydrogen-bond donors (Lipinski definition) is 0. The first kappa shape index (κ1) is 24.4. The predicted molar refractivity (Wildman–Crippen MR) is 133 cm³/mol. The van der Waals surface area contributed by atoms with Crippen molar-refractivity contribution in [3.8, 4) is 0 Å². The zero-order valence-corrected chi connectivity index (χ0v) is 21.7. The average molecular weight is 522 g/mol. The summed E-state index contributed by atoms with van der Waals surface area (Å²) in [7, 11) is -3.43. The van der Waals surface area contributed by atoms with Gasteiger partial charge in [0, 0.05) is 37.0 Å². The normalized spacial score (nSPS) is 32.1. The van der Waals surface area contributed by atoms with Gasteiger partial charge in [-0.2, -0.15) is 0 Å². The van der Waals surface area contributed by atoms with Crippen molar-refractivity contribution in [1.29, 1.82) is 0 Å². The van der Waals surface area contributed by atoms with Crippen LogP contribution in [-0.2, 0) is 24.9 Å². The van der Waals surface area contributed by atoms with E-state index in [-0.39, 0.29) is 29.5 Å². The summed E-state index contributed by atoms with van der Waals surface area (Å²) in [5.41, 5.74) is 1.11. The molecule has 6 rings (SSSR count). The van der Waals surface area contributed by atoms with Crippen molar-refractivity contribution in [2.45, 2.75) is 68.5 Å². The maximum absolute atomic E-state index is 14.2. The number of fused-ring (bicyclic) bond motifs is 3. The van der Waals surface area contributed by atoms with Crippen molar-refractivity contribution in [3.05, 3.63) is 29.6 Å². The third kappa shape index (κ3) is 4.28. The second-order valence-corrected chi connectivity index (χ2v) is 13.3. The van der Waals surface area contributed by atoms with E-state index in [1.807, 2.05) is 4.90 Å². The van der Waals surface area contributed by atoms with Crippen molar-refractivity contribution in [2.24, 2.45) is 5.92 Å². The molecule has 3 saturated heterocycles. The highest BCUT2D eigenvalue weighted by atomic mass is 32.2. The SMILES string of the molecule is CS(=O)(=O)N1CC2(CCN(C3CC4CCCN(C(=O)O[C@@H]5CCOC5)C4C3)CC2)c2cc(F)ccc21. The second-order valence-electron chi connectivity index (χ2n) is 11.4. The fourth-order valence-electron chi connectivity index (χ4n) is 7.43. The summed E-state index contributed by atoms with van der Waals surface area (Å²) in [5, 5.41) is 0. The van der Waals surface area contributed by atoms with Crippen LogP contribution in [0.1, 0.15) is 50.5 Å². The first-order valence-electron chi connectivity index (χ1n) is 13.3.